The fraction of sp³-hybridized carbons (Fsp3) is 0.600. The highest BCUT2D eigenvalue weighted by Gasteiger charge is 2.23. The lowest BCUT2D eigenvalue weighted by atomic mass is 10.00. The Balaban J connectivity index is 2.98. The Labute approximate surface area is 114 Å². The summed E-state index contributed by atoms with van der Waals surface area (Å²) in [6, 6.07) is 6.31. The molecular formula is C15H23FNO2. The molecule has 0 aliphatic carbocycles. The van der Waals surface area contributed by atoms with E-state index in [4.69, 9.17) is 5.11 Å². The number of benzene rings is 1. The van der Waals surface area contributed by atoms with Crippen molar-refractivity contribution in [2.24, 2.45) is 5.92 Å². The normalized spacial score (nSPS) is 13.2. The standard InChI is InChI=1S/C15H23FNO2/c1-12(2)11-17(8-10-19)15(7-9-18)13-5-3-4-6-14(13)16/h3-6,12,15,19H,7-11H2,1-2H3. The van der Waals surface area contributed by atoms with Gasteiger partial charge in [-0.1, -0.05) is 32.0 Å². The summed E-state index contributed by atoms with van der Waals surface area (Å²) in [5.41, 5.74) is 0.549. The Hall–Kier alpha value is -0.970. The van der Waals surface area contributed by atoms with Crippen molar-refractivity contribution in [1.29, 1.82) is 0 Å². The van der Waals surface area contributed by atoms with E-state index in [2.05, 4.69) is 13.8 Å². The molecule has 107 valence electrons. The zero-order chi connectivity index (χ0) is 14.3. The third kappa shape index (κ3) is 4.90. The first kappa shape index (κ1) is 16.1. The molecule has 1 radical (unpaired) electrons. The van der Waals surface area contributed by atoms with E-state index in [9.17, 15) is 9.50 Å². The monoisotopic (exact) mass is 268 g/mol. The van der Waals surface area contributed by atoms with Gasteiger partial charge in [-0.15, -0.1) is 0 Å². The second kappa shape index (κ2) is 8.25. The van der Waals surface area contributed by atoms with Crippen LogP contribution >= 0.6 is 0 Å². The number of hydrogen-bond acceptors (Lipinski definition) is 2. The molecule has 0 amide bonds. The number of aliphatic hydroxyl groups excluding tert-OH is 1. The van der Waals surface area contributed by atoms with Crippen LogP contribution in [0.4, 0.5) is 4.39 Å². The van der Waals surface area contributed by atoms with Gasteiger partial charge >= 0.3 is 0 Å². The molecule has 0 fully saturated rings. The molecular weight excluding hydrogens is 245 g/mol. The molecule has 1 atom stereocenters. The minimum absolute atomic E-state index is 0.0104. The van der Waals surface area contributed by atoms with Crippen molar-refractivity contribution in [1.82, 2.24) is 4.90 Å². The number of hydrogen-bond donors (Lipinski definition) is 1. The van der Waals surface area contributed by atoms with Crippen molar-refractivity contribution >= 4 is 0 Å². The number of rotatable bonds is 8. The number of nitrogens with zero attached hydrogens (tertiary/aromatic N) is 1. The predicted octanol–water partition coefficient (Wildman–Crippen LogP) is 2.64. The third-order valence-corrected chi connectivity index (χ3v) is 3.08. The lowest BCUT2D eigenvalue weighted by molar-refractivity contribution is 0.0961. The molecule has 0 spiro atoms. The van der Waals surface area contributed by atoms with Gasteiger partial charge < -0.3 is 5.11 Å². The van der Waals surface area contributed by atoms with Crippen LogP contribution in [-0.2, 0) is 5.11 Å². The second-order valence-corrected chi connectivity index (χ2v) is 5.14. The Kier molecular flexibility index (Phi) is 6.99. The van der Waals surface area contributed by atoms with Gasteiger partial charge in [0.2, 0.25) is 0 Å². The maximum atomic E-state index is 13.9. The van der Waals surface area contributed by atoms with Crippen LogP contribution in [0.1, 0.15) is 31.9 Å². The minimum Gasteiger partial charge on any atom is -0.395 e. The minimum atomic E-state index is -0.285. The lowest BCUT2D eigenvalue weighted by Crippen LogP contribution is -2.35. The van der Waals surface area contributed by atoms with Gasteiger partial charge in [0.05, 0.1) is 13.2 Å². The largest absolute Gasteiger partial charge is 0.395 e. The van der Waals surface area contributed by atoms with Gasteiger partial charge in [-0.3, -0.25) is 4.90 Å². The van der Waals surface area contributed by atoms with Crippen molar-refractivity contribution in [2.45, 2.75) is 26.3 Å². The van der Waals surface area contributed by atoms with Crippen LogP contribution in [0.2, 0.25) is 0 Å². The quantitative estimate of drug-likeness (QED) is 0.787. The fourth-order valence-corrected chi connectivity index (χ4v) is 2.36. The molecule has 0 saturated heterocycles. The summed E-state index contributed by atoms with van der Waals surface area (Å²) in [7, 11) is 0. The molecule has 3 nitrogen and oxygen atoms in total. The van der Waals surface area contributed by atoms with Gasteiger partial charge in [-0.2, -0.15) is 0 Å². The second-order valence-electron chi connectivity index (χ2n) is 5.14. The Morgan fingerprint density at radius 1 is 1.32 bits per heavy atom. The summed E-state index contributed by atoms with van der Waals surface area (Å²) in [5, 5.41) is 20.2. The smallest absolute Gasteiger partial charge is 0.127 e. The lowest BCUT2D eigenvalue weighted by Gasteiger charge is -2.32. The van der Waals surface area contributed by atoms with E-state index in [0.717, 1.165) is 6.54 Å². The fourth-order valence-electron chi connectivity index (χ4n) is 2.36. The average molecular weight is 268 g/mol. The van der Waals surface area contributed by atoms with Crippen LogP contribution < -0.4 is 0 Å². The van der Waals surface area contributed by atoms with Gasteiger partial charge in [-0.05, 0) is 18.4 Å². The van der Waals surface area contributed by atoms with Crippen LogP contribution in [0.5, 0.6) is 0 Å². The van der Waals surface area contributed by atoms with Crippen molar-refractivity contribution in [3.05, 3.63) is 35.6 Å². The van der Waals surface area contributed by atoms with E-state index >= 15 is 0 Å². The highest BCUT2D eigenvalue weighted by atomic mass is 19.1. The summed E-state index contributed by atoms with van der Waals surface area (Å²) in [4.78, 5) is 2.00. The zero-order valence-corrected chi connectivity index (χ0v) is 11.7. The van der Waals surface area contributed by atoms with Gasteiger partial charge in [-0.25, -0.2) is 9.50 Å². The summed E-state index contributed by atoms with van der Waals surface area (Å²) >= 11 is 0. The van der Waals surface area contributed by atoms with E-state index in [-0.39, 0.29) is 25.1 Å². The first-order valence-electron chi connectivity index (χ1n) is 6.77. The molecule has 1 unspecified atom stereocenters. The Morgan fingerprint density at radius 2 is 2.00 bits per heavy atom. The molecule has 0 heterocycles. The molecule has 0 bridgehead atoms. The third-order valence-electron chi connectivity index (χ3n) is 3.08. The van der Waals surface area contributed by atoms with Gasteiger partial charge in [0.1, 0.15) is 5.82 Å². The van der Waals surface area contributed by atoms with E-state index in [1.807, 2.05) is 4.90 Å². The summed E-state index contributed by atoms with van der Waals surface area (Å²) in [6.45, 7) is 5.09. The number of halogens is 1. The van der Waals surface area contributed by atoms with Crippen molar-refractivity contribution in [2.75, 3.05) is 26.3 Å². The molecule has 19 heavy (non-hydrogen) atoms. The predicted molar refractivity (Wildman–Crippen MR) is 72.8 cm³/mol. The van der Waals surface area contributed by atoms with Gasteiger partial charge in [0.15, 0.2) is 0 Å². The maximum absolute atomic E-state index is 13.9. The summed E-state index contributed by atoms with van der Waals surface area (Å²) in [5.74, 6) is 0.111. The van der Waals surface area contributed by atoms with Crippen LogP contribution in [-0.4, -0.2) is 36.3 Å². The molecule has 1 aromatic carbocycles. The number of aliphatic hydroxyl groups is 1. The van der Waals surface area contributed by atoms with E-state index < -0.39 is 0 Å². The first-order valence-corrected chi connectivity index (χ1v) is 6.77. The topological polar surface area (TPSA) is 43.4 Å². The summed E-state index contributed by atoms with van der Waals surface area (Å²) in [6.07, 6.45) is 0.355. The Bertz CT molecular complexity index is 371. The molecule has 4 heteroatoms. The van der Waals surface area contributed by atoms with Crippen LogP contribution in [0.15, 0.2) is 24.3 Å². The van der Waals surface area contributed by atoms with E-state index in [1.165, 1.54) is 6.07 Å². The van der Waals surface area contributed by atoms with Crippen molar-refractivity contribution < 1.29 is 14.6 Å². The van der Waals surface area contributed by atoms with E-state index in [0.29, 0.717) is 24.4 Å². The highest BCUT2D eigenvalue weighted by Crippen LogP contribution is 2.27. The van der Waals surface area contributed by atoms with E-state index in [1.54, 1.807) is 18.2 Å². The van der Waals surface area contributed by atoms with Crippen LogP contribution in [0.3, 0.4) is 0 Å². The molecule has 0 aliphatic heterocycles. The first-order chi connectivity index (χ1) is 9.10. The highest BCUT2D eigenvalue weighted by molar-refractivity contribution is 5.21. The molecule has 1 N–H and O–H groups in total. The molecule has 1 rings (SSSR count). The van der Waals surface area contributed by atoms with Crippen molar-refractivity contribution in [3.8, 4) is 0 Å². The summed E-state index contributed by atoms with van der Waals surface area (Å²) < 4.78 is 13.9. The molecule has 0 saturated carbocycles. The molecule has 0 aliphatic rings. The van der Waals surface area contributed by atoms with Gasteiger partial charge in [0, 0.05) is 24.7 Å². The SMILES string of the molecule is CC(C)CN(CCO)C(CC[O])c1ccccc1F. The molecule has 1 aromatic rings. The van der Waals surface area contributed by atoms with Crippen LogP contribution in [0, 0.1) is 11.7 Å². The van der Waals surface area contributed by atoms with Gasteiger partial charge in [0.25, 0.3) is 0 Å². The molecule has 0 aromatic heterocycles. The van der Waals surface area contributed by atoms with Crippen LogP contribution in [0.25, 0.3) is 0 Å². The van der Waals surface area contributed by atoms with Crippen molar-refractivity contribution in [3.63, 3.8) is 0 Å². The maximum Gasteiger partial charge on any atom is 0.127 e. The zero-order valence-electron chi connectivity index (χ0n) is 11.7. The Morgan fingerprint density at radius 3 is 2.53 bits per heavy atom. The average Bonchev–Trinajstić information content (AvgIpc) is 2.36.